The third-order valence-corrected chi connectivity index (χ3v) is 7.18. The van der Waals surface area contributed by atoms with Gasteiger partial charge in [-0.25, -0.2) is 9.78 Å². The monoisotopic (exact) mass is 540 g/mol. The molecule has 2 N–H and O–H groups in total. The summed E-state index contributed by atoms with van der Waals surface area (Å²) in [4.78, 5) is 30.3. The van der Waals surface area contributed by atoms with Crippen LogP contribution in [0.5, 0.6) is 0 Å². The fraction of sp³-hybridized carbons (Fsp3) is 0.344. The third-order valence-electron chi connectivity index (χ3n) is 7.18. The first kappa shape index (κ1) is 27.4. The molecule has 0 atom stereocenters. The smallest absolute Gasteiger partial charge is 0.408 e. The Morgan fingerprint density at radius 1 is 0.975 bits per heavy atom. The van der Waals surface area contributed by atoms with E-state index in [1.54, 1.807) is 13.2 Å². The van der Waals surface area contributed by atoms with Gasteiger partial charge in [0.15, 0.2) is 0 Å². The van der Waals surface area contributed by atoms with Crippen molar-refractivity contribution in [2.45, 2.75) is 51.2 Å². The second-order valence-electron chi connectivity index (χ2n) is 11.2. The zero-order valence-electron chi connectivity index (χ0n) is 23.5. The number of carbonyl (C=O) groups is 2. The molecular weight excluding hydrogens is 504 g/mol. The van der Waals surface area contributed by atoms with E-state index >= 15 is 0 Å². The summed E-state index contributed by atoms with van der Waals surface area (Å²) in [6, 6.07) is 21.9. The van der Waals surface area contributed by atoms with Crippen LogP contribution in [0.1, 0.15) is 56.0 Å². The van der Waals surface area contributed by atoms with Gasteiger partial charge in [-0.3, -0.25) is 9.20 Å². The standard InChI is InChI=1S/C32H36N4O4/c1-31(2,3)40-30(38)35-32(17-8-18-32)25-14-11-22(12-15-25)27-28(23-9-6-5-7-10-23)36-21-24(13-16-26(36)34-27)29(37)33-19-20-39-4/h5-7,9-16,21H,8,17-20H2,1-4H3,(H,33,37)(H,35,38). The first-order valence-electron chi connectivity index (χ1n) is 13.7. The van der Waals surface area contributed by atoms with Crippen LogP contribution in [0.3, 0.4) is 0 Å². The maximum Gasteiger partial charge on any atom is 0.408 e. The average molecular weight is 541 g/mol. The van der Waals surface area contributed by atoms with Gasteiger partial charge in [0.05, 0.1) is 29.1 Å². The van der Waals surface area contributed by atoms with Crippen molar-refractivity contribution in [3.8, 4) is 22.5 Å². The number of benzene rings is 2. The Kier molecular flexibility index (Phi) is 7.63. The second kappa shape index (κ2) is 11.1. The van der Waals surface area contributed by atoms with Crippen LogP contribution in [-0.4, -0.2) is 47.2 Å². The topological polar surface area (TPSA) is 94.0 Å². The summed E-state index contributed by atoms with van der Waals surface area (Å²) in [7, 11) is 1.60. The van der Waals surface area contributed by atoms with Crippen molar-refractivity contribution in [1.82, 2.24) is 20.0 Å². The van der Waals surface area contributed by atoms with Gasteiger partial charge in [0.1, 0.15) is 11.2 Å². The third kappa shape index (κ3) is 5.72. The van der Waals surface area contributed by atoms with Crippen LogP contribution in [0.25, 0.3) is 28.2 Å². The van der Waals surface area contributed by atoms with E-state index in [0.717, 1.165) is 53.0 Å². The number of ether oxygens (including phenoxy) is 2. The van der Waals surface area contributed by atoms with Crippen molar-refractivity contribution in [1.29, 1.82) is 0 Å². The van der Waals surface area contributed by atoms with Crippen LogP contribution in [0.4, 0.5) is 4.79 Å². The molecule has 8 nitrogen and oxygen atoms in total. The minimum absolute atomic E-state index is 0.166. The molecule has 1 aliphatic rings. The number of carbonyl (C=O) groups excluding carboxylic acids is 2. The Hall–Kier alpha value is -4.17. The molecule has 40 heavy (non-hydrogen) atoms. The molecule has 2 heterocycles. The maximum atomic E-state index is 12.8. The number of rotatable bonds is 8. The molecule has 1 fully saturated rings. The molecule has 1 aliphatic carbocycles. The van der Waals surface area contributed by atoms with E-state index in [4.69, 9.17) is 14.5 Å². The van der Waals surface area contributed by atoms with E-state index in [1.807, 2.05) is 67.8 Å². The molecule has 0 aliphatic heterocycles. The lowest BCUT2D eigenvalue weighted by Gasteiger charge is -2.43. The van der Waals surface area contributed by atoms with Gasteiger partial charge < -0.3 is 20.1 Å². The number of imidazole rings is 1. The number of alkyl carbamates (subject to hydrolysis) is 1. The molecule has 0 saturated heterocycles. The minimum atomic E-state index is -0.555. The molecule has 2 amide bonds. The number of methoxy groups -OCH3 is 1. The molecule has 1 saturated carbocycles. The molecule has 208 valence electrons. The average Bonchev–Trinajstić information content (AvgIpc) is 3.29. The van der Waals surface area contributed by atoms with Crippen molar-refractivity contribution in [2.24, 2.45) is 0 Å². The number of pyridine rings is 1. The maximum absolute atomic E-state index is 12.8. The summed E-state index contributed by atoms with van der Waals surface area (Å²) < 4.78 is 12.6. The lowest BCUT2D eigenvalue weighted by atomic mass is 9.71. The van der Waals surface area contributed by atoms with E-state index in [-0.39, 0.29) is 5.91 Å². The number of amides is 2. The SMILES string of the molecule is COCCNC(=O)c1ccc2nc(-c3ccc(C4(NC(=O)OC(C)(C)C)CCC4)cc3)c(-c3ccccc3)n2c1. The Labute approximate surface area is 234 Å². The van der Waals surface area contributed by atoms with Crippen LogP contribution in [0.2, 0.25) is 0 Å². The van der Waals surface area contributed by atoms with Gasteiger partial charge in [0, 0.05) is 31.0 Å². The first-order valence-corrected chi connectivity index (χ1v) is 13.7. The number of nitrogens with one attached hydrogen (secondary N) is 2. The van der Waals surface area contributed by atoms with Crippen molar-refractivity contribution in [3.05, 3.63) is 84.1 Å². The van der Waals surface area contributed by atoms with E-state index in [1.165, 1.54) is 0 Å². The molecule has 5 rings (SSSR count). The molecule has 2 aromatic heterocycles. The van der Waals surface area contributed by atoms with Gasteiger partial charge in [0.25, 0.3) is 5.91 Å². The Bertz CT molecular complexity index is 1500. The van der Waals surface area contributed by atoms with Gasteiger partial charge in [0.2, 0.25) is 0 Å². The number of nitrogens with zero attached hydrogens (tertiary/aromatic N) is 2. The van der Waals surface area contributed by atoms with Crippen molar-refractivity contribution in [2.75, 3.05) is 20.3 Å². The zero-order chi connectivity index (χ0) is 28.3. The van der Waals surface area contributed by atoms with Crippen LogP contribution < -0.4 is 10.6 Å². The Balaban J connectivity index is 1.50. The van der Waals surface area contributed by atoms with Gasteiger partial charge in [-0.1, -0.05) is 54.6 Å². The van der Waals surface area contributed by atoms with Crippen molar-refractivity contribution >= 4 is 17.6 Å². The van der Waals surface area contributed by atoms with Crippen LogP contribution in [-0.2, 0) is 15.0 Å². The van der Waals surface area contributed by atoms with E-state index in [0.29, 0.717) is 18.7 Å². The Morgan fingerprint density at radius 2 is 1.70 bits per heavy atom. The lowest BCUT2D eigenvalue weighted by Crippen LogP contribution is -2.52. The summed E-state index contributed by atoms with van der Waals surface area (Å²) in [6.45, 7) is 6.48. The van der Waals surface area contributed by atoms with Crippen LogP contribution in [0.15, 0.2) is 72.9 Å². The Morgan fingerprint density at radius 3 is 2.33 bits per heavy atom. The van der Waals surface area contributed by atoms with Crippen molar-refractivity contribution in [3.63, 3.8) is 0 Å². The highest BCUT2D eigenvalue weighted by molar-refractivity contribution is 5.94. The highest BCUT2D eigenvalue weighted by Gasteiger charge is 2.41. The van der Waals surface area contributed by atoms with E-state index in [9.17, 15) is 9.59 Å². The van der Waals surface area contributed by atoms with Crippen molar-refractivity contribution < 1.29 is 19.1 Å². The molecule has 0 spiro atoms. The zero-order valence-corrected chi connectivity index (χ0v) is 23.5. The summed E-state index contributed by atoms with van der Waals surface area (Å²) >= 11 is 0. The highest BCUT2D eigenvalue weighted by Crippen LogP contribution is 2.42. The molecule has 4 aromatic rings. The van der Waals surface area contributed by atoms with Gasteiger partial charge in [-0.15, -0.1) is 0 Å². The second-order valence-corrected chi connectivity index (χ2v) is 11.2. The predicted molar refractivity (Wildman–Crippen MR) is 155 cm³/mol. The number of fused-ring (bicyclic) bond motifs is 1. The quantitative estimate of drug-likeness (QED) is 0.270. The van der Waals surface area contributed by atoms with Crippen LogP contribution in [0, 0.1) is 0 Å². The number of aromatic nitrogens is 2. The van der Waals surface area contributed by atoms with Crippen LogP contribution >= 0.6 is 0 Å². The first-order chi connectivity index (χ1) is 19.2. The minimum Gasteiger partial charge on any atom is -0.444 e. The van der Waals surface area contributed by atoms with Gasteiger partial charge >= 0.3 is 6.09 Å². The van der Waals surface area contributed by atoms with Gasteiger partial charge in [-0.2, -0.15) is 0 Å². The molecule has 0 unspecified atom stereocenters. The molecule has 0 bridgehead atoms. The molecule has 8 heteroatoms. The summed E-state index contributed by atoms with van der Waals surface area (Å²) in [5.74, 6) is -0.166. The van der Waals surface area contributed by atoms with Gasteiger partial charge in [-0.05, 0) is 57.7 Å². The normalized spacial score (nSPS) is 14.4. The summed E-state index contributed by atoms with van der Waals surface area (Å²) in [6.07, 6.45) is 4.21. The van der Waals surface area contributed by atoms with E-state index in [2.05, 4.69) is 34.9 Å². The fourth-order valence-corrected chi connectivity index (χ4v) is 5.08. The lowest BCUT2D eigenvalue weighted by molar-refractivity contribution is 0.0377. The van der Waals surface area contributed by atoms with E-state index < -0.39 is 17.2 Å². The fourth-order valence-electron chi connectivity index (χ4n) is 5.08. The largest absolute Gasteiger partial charge is 0.444 e. The number of hydrogen-bond acceptors (Lipinski definition) is 5. The summed E-state index contributed by atoms with van der Waals surface area (Å²) in [5.41, 5.74) is 5.02. The molecule has 0 radical (unpaired) electrons. The summed E-state index contributed by atoms with van der Waals surface area (Å²) in [5, 5.41) is 6.01. The molecular formula is C32H36N4O4. The highest BCUT2D eigenvalue weighted by atomic mass is 16.6. The predicted octanol–water partition coefficient (Wildman–Crippen LogP) is 5.95. The number of hydrogen-bond donors (Lipinski definition) is 2. The molecule has 2 aromatic carbocycles.